The van der Waals surface area contributed by atoms with Crippen molar-refractivity contribution >= 4 is 27.9 Å². The Labute approximate surface area is 108 Å². The molecule has 0 aliphatic rings. The number of rotatable bonds is 7. The van der Waals surface area contributed by atoms with Crippen LogP contribution >= 0.6 is 11.9 Å². The zero-order valence-corrected chi connectivity index (χ0v) is 10.6. The van der Waals surface area contributed by atoms with Gasteiger partial charge in [0.05, 0.1) is 4.90 Å². The number of sulfonamides is 1. The van der Waals surface area contributed by atoms with Crippen molar-refractivity contribution in [1.82, 2.24) is 4.72 Å². The maximum atomic E-state index is 11.8. The Kier molecular flexibility index (Phi) is 5.25. The van der Waals surface area contributed by atoms with Gasteiger partial charge < -0.3 is 5.11 Å². The number of aliphatic carboxylic acids is 1. The third-order valence-corrected chi connectivity index (χ3v) is 4.02. The summed E-state index contributed by atoms with van der Waals surface area (Å²) in [4.78, 5) is 20.7. The first kappa shape index (κ1) is 14.6. The summed E-state index contributed by atoms with van der Waals surface area (Å²) >= 11 is 0.442. The van der Waals surface area contributed by atoms with Crippen molar-refractivity contribution in [2.75, 3.05) is 5.75 Å². The van der Waals surface area contributed by atoms with E-state index in [1.165, 1.54) is 24.3 Å². The van der Waals surface area contributed by atoms with Gasteiger partial charge in [-0.1, -0.05) is 18.2 Å². The second-order valence-corrected chi connectivity index (χ2v) is 5.65. The van der Waals surface area contributed by atoms with Crippen LogP contribution in [0.3, 0.4) is 0 Å². The van der Waals surface area contributed by atoms with E-state index >= 15 is 0 Å². The topological polar surface area (TPSA) is 113 Å². The fraction of sp³-hybridized carbons (Fsp3) is 0.222. The molecule has 1 rings (SSSR count). The van der Waals surface area contributed by atoms with Gasteiger partial charge in [-0.3, -0.25) is 4.79 Å². The Morgan fingerprint density at radius 1 is 1.39 bits per heavy atom. The summed E-state index contributed by atoms with van der Waals surface area (Å²) in [7, 11) is -3.92. The lowest BCUT2D eigenvalue weighted by Crippen LogP contribution is -2.42. The van der Waals surface area contributed by atoms with Crippen LogP contribution in [0.15, 0.2) is 39.8 Å². The van der Waals surface area contributed by atoms with Crippen LogP contribution in [0.1, 0.15) is 0 Å². The van der Waals surface area contributed by atoms with E-state index in [1.54, 1.807) is 6.07 Å². The average Bonchev–Trinajstić information content (AvgIpc) is 2.35. The van der Waals surface area contributed by atoms with Gasteiger partial charge >= 0.3 is 5.97 Å². The van der Waals surface area contributed by atoms with Crippen molar-refractivity contribution in [2.45, 2.75) is 10.9 Å². The summed E-state index contributed by atoms with van der Waals surface area (Å²) in [6.07, 6.45) is 0. The van der Waals surface area contributed by atoms with E-state index in [0.29, 0.717) is 11.9 Å². The van der Waals surface area contributed by atoms with Crippen LogP contribution in [0, 0.1) is 4.91 Å². The molecule has 1 aromatic rings. The van der Waals surface area contributed by atoms with E-state index < -0.39 is 22.0 Å². The van der Waals surface area contributed by atoms with Crippen molar-refractivity contribution in [3.05, 3.63) is 35.2 Å². The third kappa shape index (κ3) is 4.09. The van der Waals surface area contributed by atoms with Crippen LogP contribution in [0.2, 0.25) is 0 Å². The lowest BCUT2D eigenvalue weighted by atomic mass is 10.4. The third-order valence-electron chi connectivity index (χ3n) is 1.94. The van der Waals surface area contributed by atoms with Gasteiger partial charge in [0.2, 0.25) is 10.0 Å². The van der Waals surface area contributed by atoms with Crippen LogP contribution in [0.4, 0.5) is 0 Å². The Morgan fingerprint density at radius 3 is 2.50 bits per heavy atom. The van der Waals surface area contributed by atoms with Crippen molar-refractivity contribution in [3.8, 4) is 0 Å². The van der Waals surface area contributed by atoms with Crippen molar-refractivity contribution in [1.29, 1.82) is 0 Å². The normalized spacial score (nSPS) is 12.9. The first-order valence-electron chi connectivity index (χ1n) is 4.72. The molecular formula is C9H10N2O5S2. The zero-order valence-electron chi connectivity index (χ0n) is 9.02. The van der Waals surface area contributed by atoms with Gasteiger partial charge in [0, 0.05) is 22.3 Å². The summed E-state index contributed by atoms with van der Waals surface area (Å²) < 4.78 is 28.1. The van der Waals surface area contributed by atoms with Gasteiger partial charge in [0.25, 0.3) is 0 Å². The molecule has 0 unspecified atom stereocenters. The monoisotopic (exact) mass is 290 g/mol. The van der Waals surface area contributed by atoms with E-state index in [-0.39, 0.29) is 10.6 Å². The van der Waals surface area contributed by atoms with Gasteiger partial charge in [-0.25, -0.2) is 8.42 Å². The molecule has 2 N–H and O–H groups in total. The molecule has 0 radical (unpaired) electrons. The summed E-state index contributed by atoms with van der Waals surface area (Å²) in [6, 6.07) is 5.95. The number of nitrogens with one attached hydrogen (secondary N) is 1. The highest BCUT2D eigenvalue weighted by atomic mass is 32.2. The van der Waals surface area contributed by atoms with Crippen LogP contribution < -0.4 is 4.72 Å². The maximum absolute atomic E-state index is 11.8. The summed E-state index contributed by atoms with van der Waals surface area (Å²) in [5.41, 5.74) is 0. The van der Waals surface area contributed by atoms with Crippen LogP contribution in [0.5, 0.6) is 0 Å². The highest BCUT2D eigenvalue weighted by Gasteiger charge is 2.25. The molecule has 98 valence electrons. The molecule has 9 heteroatoms. The second kappa shape index (κ2) is 6.47. The Hall–Kier alpha value is -1.45. The maximum Gasteiger partial charge on any atom is 0.322 e. The first-order valence-corrected chi connectivity index (χ1v) is 7.15. The minimum absolute atomic E-state index is 0.0414. The minimum Gasteiger partial charge on any atom is -0.480 e. The molecule has 0 fully saturated rings. The number of carboxylic acid groups (broad SMARTS) is 1. The molecule has 0 aliphatic carbocycles. The number of benzene rings is 1. The molecule has 7 nitrogen and oxygen atoms in total. The molecule has 0 saturated heterocycles. The highest BCUT2D eigenvalue weighted by Crippen LogP contribution is 2.10. The molecule has 0 spiro atoms. The van der Waals surface area contributed by atoms with Gasteiger partial charge in [-0.05, 0) is 12.1 Å². The van der Waals surface area contributed by atoms with E-state index in [4.69, 9.17) is 5.11 Å². The Balaban J connectivity index is 2.86. The van der Waals surface area contributed by atoms with Gasteiger partial charge in [0.15, 0.2) is 0 Å². The molecule has 0 aliphatic heterocycles. The number of nitrogens with zero attached hydrogens (tertiary/aromatic N) is 1. The highest BCUT2D eigenvalue weighted by molar-refractivity contribution is 7.98. The van der Waals surface area contributed by atoms with E-state index in [0.717, 1.165) is 0 Å². The number of carboxylic acids is 1. The fourth-order valence-electron chi connectivity index (χ4n) is 1.12. The summed E-state index contributed by atoms with van der Waals surface area (Å²) in [5, 5.41) is 8.83. The molecule has 0 bridgehead atoms. The number of hydrogen-bond donors (Lipinski definition) is 2. The number of carbonyl (C=O) groups is 1. The summed E-state index contributed by atoms with van der Waals surface area (Å²) in [6.45, 7) is 0. The quantitative estimate of drug-likeness (QED) is 0.568. The zero-order chi connectivity index (χ0) is 13.6. The van der Waals surface area contributed by atoms with Crippen molar-refractivity contribution in [2.24, 2.45) is 4.58 Å². The molecule has 18 heavy (non-hydrogen) atoms. The van der Waals surface area contributed by atoms with Gasteiger partial charge in [0.1, 0.15) is 6.04 Å². The molecule has 0 amide bonds. The molecular weight excluding hydrogens is 280 g/mol. The smallest absolute Gasteiger partial charge is 0.322 e. The lowest BCUT2D eigenvalue weighted by molar-refractivity contribution is -0.138. The van der Waals surface area contributed by atoms with E-state index in [2.05, 4.69) is 4.58 Å². The molecule has 1 atom stereocenters. The SMILES string of the molecule is O=NSC[C@H](NS(=O)(=O)c1ccccc1)C(=O)O. The van der Waals surface area contributed by atoms with Crippen LogP contribution in [0.25, 0.3) is 0 Å². The average molecular weight is 290 g/mol. The van der Waals surface area contributed by atoms with E-state index in [1.807, 2.05) is 4.72 Å². The number of nitroso groups, excluding NO2 is 1. The van der Waals surface area contributed by atoms with Gasteiger partial charge in [-0.15, -0.1) is 4.91 Å². The predicted molar refractivity (Wildman–Crippen MR) is 66.4 cm³/mol. The standard InChI is InChI=1S/C9H10N2O5S2/c12-9(13)8(6-17-11-14)10-18(15,16)7-4-2-1-3-5-7/h1-5,8,10H,6H2,(H,12,13)/t8-/m0/s1. The Bertz CT molecular complexity index is 517. The van der Waals surface area contributed by atoms with Crippen molar-refractivity contribution in [3.63, 3.8) is 0 Å². The largest absolute Gasteiger partial charge is 0.480 e. The van der Waals surface area contributed by atoms with E-state index in [9.17, 15) is 18.1 Å². The lowest BCUT2D eigenvalue weighted by Gasteiger charge is -2.12. The van der Waals surface area contributed by atoms with Crippen LogP contribution in [-0.4, -0.2) is 31.3 Å². The van der Waals surface area contributed by atoms with Gasteiger partial charge in [-0.2, -0.15) is 4.72 Å². The second-order valence-electron chi connectivity index (χ2n) is 3.20. The number of hydrogen-bond acceptors (Lipinski definition) is 6. The van der Waals surface area contributed by atoms with Crippen LogP contribution in [-0.2, 0) is 14.8 Å². The molecule has 1 aromatic carbocycles. The molecule has 0 heterocycles. The fourth-order valence-corrected chi connectivity index (χ4v) is 2.87. The minimum atomic E-state index is -3.92. The summed E-state index contributed by atoms with van der Waals surface area (Å²) in [5.74, 6) is -1.64. The molecule has 0 aromatic heterocycles. The Morgan fingerprint density at radius 2 is 2.00 bits per heavy atom. The predicted octanol–water partition coefficient (Wildman–Crippen LogP) is 0.833. The van der Waals surface area contributed by atoms with Crippen molar-refractivity contribution < 1.29 is 18.3 Å². The molecule has 0 saturated carbocycles. The first-order chi connectivity index (χ1) is 8.47.